The maximum absolute atomic E-state index is 12.8. The third-order valence-electron chi connectivity index (χ3n) is 3.92. The average molecular weight is 289 g/mol. The van der Waals surface area contributed by atoms with Gasteiger partial charge in [0.2, 0.25) is 0 Å². The molecule has 0 atom stereocenters. The number of nitrogens with zero attached hydrogens (tertiary/aromatic N) is 1. The Morgan fingerprint density at radius 1 is 0.955 bits per heavy atom. The second kappa shape index (κ2) is 6.02. The molecule has 0 aromatic heterocycles. The number of hydrogen-bond acceptors (Lipinski definition) is 2. The number of benzene rings is 2. The zero-order valence-electron chi connectivity index (χ0n) is 12.9. The minimum Gasteiger partial charge on any atom is -0.378 e. The second-order valence-electron chi connectivity index (χ2n) is 5.64. The van der Waals surface area contributed by atoms with Crippen molar-refractivity contribution in [1.82, 2.24) is 4.90 Å². The van der Waals surface area contributed by atoms with Crippen LogP contribution in [0.4, 0.5) is 0 Å². The Bertz CT molecular complexity index is 754. The number of ketones is 1. The normalized spacial score (nSPS) is 13.5. The number of allylic oxidation sites excluding steroid dienone is 3. The van der Waals surface area contributed by atoms with Gasteiger partial charge in [0.25, 0.3) is 0 Å². The molecular formula is C20H19NO. The first kappa shape index (κ1) is 14.3. The van der Waals surface area contributed by atoms with Gasteiger partial charge in [0.05, 0.1) is 0 Å². The molecule has 1 aliphatic rings. The van der Waals surface area contributed by atoms with Crippen LogP contribution >= 0.6 is 0 Å². The molecule has 0 radical (unpaired) electrons. The van der Waals surface area contributed by atoms with Crippen LogP contribution in [-0.4, -0.2) is 24.8 Å². The van der Waals surface area contributed by atoms with Gasteiger partial charge >= 0.3 is 0 Å². The predicted octanol–water partition coefficient (Wildman–Crippen LogP) is 4.15. The number of carbonyl (C=O) groups excluding carboxylic acids is 1. The lowest BCUT2D eigenvalue weighted by Crippen LogP contribution is -2.07. The molecule has 0 amide bonds. The Balaban J connectivity index is 1.99. The third-order valence-corrected chi connectivity index (χ3v) is 3.92. The largest absolute Gasteiger partial charge is 0.378 e. The Kier molecular flexibility index (Phi) is 3.92. The highest BCUT2D eigenvalue weighted by Gasteiger charge is 2.17. The molecule has 2 aromatic carbocycles. The fourth-order valence-corrected chi connectivity index (χ4v) is 2.72. The molecule has 22 heavy (non-hydrogen) atoms. The van der Waals surface area contributed by atoms with Crippen molar-refractivity contribution < 1.29 is 4.79 Å². The van der Waals surface area contributed by atoms with Gasteiger partial charge < -0.3 is 4.90 Å². The van der Waals surface area contributed by atoms with E-state index in [4.69, 9.17) is 0 Å². The van der Waals surface area contributed by atoms with Crippen LogP contribution in [0, 0.1) is 0 Å². The monoisotopic (exact) mass is 289 g/mol. The summed E-state index contributed by atoms with van der Waals surface area (Å²) >= 11 is 0. The molecule has 0 saturated heterocycles. The summed E-state index contributed by atoms with van der Waals surface area (Å²) in [5, 5.41) is 0. The lowest BCUT2D eigenvalue weighted by molar-refractivity contribution is 0.103. The molecule has 0 unspecified atom stereocenters. The molecule has 3 rings (SSSR count). The summed E-state index contributed by atoms with van der Waals surface area (Å²) in [5.74, 6) is 0.0791. The molecule has 0 spiro atoms. The fraction of sp³-hybridized carbons (Fsp3) is 0.150. The quantitative estimate of drug-likeness (QED) is 0.788. The van der Waals surface area contributed by atoms with Crippen molar-refractivity contribution in [1.29, 1.82) is 0 Å². The summed E-state index contributed by atoms with van der Waals surface area (Å²) in [5.41, 5.74) is 4.92. The first-order chi connectivity index (χ1) is 10.7. The van der Waals surface area contributed by atoms with Gasteiger partial charge in [-0.1, -0.05) is 60.7 Å². The van der Waals surface area contributed by atoms with E-state index < -0.39 is 0 Å². The predicted molar refractivity (Wildman–Crippen MR) is 90.7 cm³/mol. The van der Waals surface area contributed by atoms with Crippen LogP contribution in [0.15, 0.2) is 72.4 Å². The molecule has 2 nitrogen and oxygen atoms in total. The maximum Gasteiger partial charge on any atom is 0.193 e. The number of carbonyl (C=O) groups is 1. The third kappa shape index (κ3) is 2.73. The summed E-state index contributed by atoms with van der Waals surface area (Å²) < 4.78 is 0. The van der Waals surface area contributed by atoms with E-state index in [1.54, 1.807) is 0 Å². The van der Waals surface area contributed by atoms with Gasteiger partial charge in [-0.25, -0.2) is 0 Å². The van der Waals surface area contributed by atoms with Crippen molar-refractivity contribution in [2.45, 2.75) is 6.42 Å². The Morgan fingerprint density at radius 2 is 1.64 bits per heavy atom. The van der Waals surface area contributed by atoms with E-state index in [2.05, 4.69) is 17.1 Å². The fourth-order valence-electron chi connectivity index (χ4n) is 2.72. The first-order valence-electron chi connectivity index (χ1n) is 7.44. The molecule has 0 saturated carbocycles. The number of hydrogen-bond donors (Lipinski definition) is 0. The first-order valence-corrected chi connectivity index (χ1v) is 7.44. The molecule has 0 heterocycles. The van der Waals surface area contributed by atoms with E-state index in [0.717, 1.165) is 23.1 Å². The molecule has 0 N–H and O–H groups in total. The van der Waals surface area contributed by atoms with Gasteiger partial charge in [-0.3, -0.25) is 4.79 Å². The topological polar surface area (TPSA) is 20.3 Å². The van der Waals surface area contributed by atoms with Gasteiger partial charge in [-0.2, -0.15) is 0 Å². The van der Waals surface area contributed by atoms with Crippen molar-refractivity contribution in [3.8, 4) is 0 Å². The molecule has 0 bridgehead atoms. The highest BCUT2D eigenvalue weighted by molar-refractivity contribution is 6.11. The smallest absolute Gasteiger partial charge is 0.193 e. The van der Waals surface area contributed by atoms with Gasteiger partial charge in [0.15, 0.2) is 5.78 Å². The Labute approximate surface area is 131 Å². The highest BCUT2D eigenvalue weighted by atomic mass is 16.1. The van der Waals surface area contributed by atoms with Crippen molar-refractivity contribution in [2.75, 3.05) is 14.1 Å². The van der Waals surface area contributed by atoms with E-state index in [-0.39, 0.29) is 5.78 Å². The van der Waals surface area contributed by atoms with E-state index in [1.165, 1.54) is 11.3 Å². The van der Waals surface area contributed by atoms with Crippen LogP contribution in [-0.2, 0) is 0 Å². The summed E-state index contributed by atoms with van der Waals surface area (Å²) in [6.45, 7) is 0. The SMILES string of the molecule is CN(C)C1=CCC(c2ccccc2C(=O)c2ccccc2)=C1. The van der Waals surface area contributed by atoms with Gasteiger partial charge in [0, 0.05) is 30.9 Å². The van der Waals surface area contributed by atoms with Gasteiger partial charge in [-0.05, 0) is 23.6 Å². The zero-order valence-corrected chi connectivity index (χ0v) is 12.9. The van der Waals surface area contributed by atoms with Crippen LogP contribution in [0.5, 0.6) is 0 Å². The van der Waals surface area contributed by atoms with Crippen LogP contribution in [0.3, 0.4) is 0 Å². The summed E-state index contributed by atoms with van der Waals surface area (Å²) in [6, 6.07) is 17.3. The second-order valence-corrected chi connectivity index (χ2v) is 5.64. The van der Waals surface area contributed by atoms with Crippen LogP contribution < -0.4 is 0 Å². The molecule has 0 aliphatic heterocycles. The van der Waals surface area contributed by atoms with Crippen LogP contribution in [0.25, 0.3) is 5.57 Å². The molecule has 1 aliphatic carbocycles. The molecule has 110 valence electrons. The summed E-state index contributed by atoms with van der Waals surface area (Å²) in [6.07, 6.45) is 5.23. The van der Waals surface area contributed by atoms with Gasteiger partial charge in [0.1, 0.15) is 0 Å². The minimum absolute atomic E-state index is 0.0791. The summed E-state index contributed by atoms with van der Waals surface area (Å²) in [7, 11) is 4.07. The van der Waals surface area contributed by atoms with Crippen molar-refractivity contribution in [3.63, 3.8) is 0 Å². The van der Waals surface area contributed by atoms with Crippen LogP contribution in [0.2, 0.25) is 0 Å². The average Bonchev–Trinajstić information content (AvgIpc) is 3.05. The van der Waals surface area contributed by atoms with E-state index in [1.807, 2.05) is 68.7 Å². The number of likely N-dealkylation sites (N-methyl/N-ethyl adjacent to an activating group) is 1. The molecule has 2 heteroatoms. The zero-order chi connectivity index (χ0) is 15.5. The number of rotatable bonds is 4. The standard InChI is InChI=1S/C20H19NO/c1-21(2)17-13-12-16(14-17)18-10-6-7-11-19(18)20(22)15-8-4-3-5-9-15/h3-11,13-14H,12H2,1-2H3. The van der Waals surface area contributed by atoms with Crippen molar-refractivity contribution in [2.24, 2.45) is 0 Å². The van der Waals surface area contributed by atoms with Crippen molar-refractivity contribution >= 4 is 11.4 Å². The summed E-state index contributed by atoms with van der Waals surface area (Å²) in [4.78, 5) is 14.9. The van der Waals surface area contributed by atoms with Gasteiger partial charge in [-0.15, -0.1) is 0 Å². The molecular weight excluding hydrogens is 270 g/mol. The highest BCUT2D eigenvalue weighted by Crippen LogP contribution is 2.30. The lowest BCUT2D eigenvalue weighted by atomic mass is 9.93. The van der Waals surface area contributed by atoms with Crippen molar-refractivity contribution in [3.05, 3.63) is 89.1 Å². The van der Waals surface area contributed by atoms with E-state index in [0.29, 0.717) is 0 Å². The Hall–Kier alpha value is -2.61. The molecule has 2 aromatic rings. The maximum atomic E-state index is 12.8. The van der Waals surface area contributed by atoms with E-state index in [9.17, 15) is 4.79 Å². The molecule has 0 fully saturated rings. The van der Waals surface area contributed by atoms with Crippen LogP contribution in [0.1, 0.15) is 27.9 Å². The lowest BCUT2D eigenvalue weighted by Gasteiger charge is -2.12. The van der Waals surface area contributed by atoms with E-state index >= 15 is 0 Å². The Morgan fingerprint density at radius 3 is 2.32 bits per heavy atom. The minimum atomic E-state index is 0.0791.